The standard InChI is InChI=1S/C47H41N/c1-46(2,3)41-21-14-22-42-45(41)39-28-27-38(31-43(39)47(42,4)5)48(37-25-23-33(24-26-37)32-15-8-6-9-16-32)44-30-36-20-13-12-19-35(36)29-40(44)34-17-10-7-11-18-34/h6-31H,1-5H3. The fraction of sp³-hybridized carbons (Fsp3) is 0.149. The second kappa shape index (κ2) is 11.4. The molecule has 0 aliphatic heterocycles. The van der Waals surface area contributed by atoms with E-state index in [-0.39, 0.29) is 10.8 Å². The molecule has 0 atom stereocenters. The Bertz CT molecular complexity index is 2270. The van der Waals surface area contributed by atoms with Crippen molar-refractivity contribution in [2.75, 3.05) is 4.90 Å². The summed E-state index contributed by atoms with van der Waals surface area (Å²) in [6.45, 7) is 11.8. The highest BCUT2D eigenvalue weighted by atomic mass is 15.1. The van der Waals surface area contributed by atoms with Gasteiger partial charge in [-0.15, -0.1) is 0 Å². The van der Waals surface area contributed by atoms with Crippen LogP contribution in [-0.2, 0) is 10.8 Å². The maximum Gasteiger partial charge on any atom is 0.0546 e. The van der Waals surface area contributed by atoms with Gasteiger partial charge in [0, 0.05) is 22.4 Å². The summed E-state index contributed by atoms with van der Waals surface area (Å²) in [4.78, 5) is 2.47. The van der Waals surface area contributed by atoms with E-state index in [2.05, 4.69) is 197 Å². The average molecular weight is 620 g/mol. The third-order valence-corrected chi connectivity index (χ3v) is 10.2. The maximum atomic E-state index is 2.47. The number of anilines is 3. The average Bonchev–Trinajstić information content (AvgIpc) is 3.34. The summed E-state index contributed by atoms with van der Waals surface area (Å²) in [7, 11) is 0. The lowest BCUT2D eigenvalue weighted by Gasteiger charge is -2.30. The third-order valence-electron chi connectivity index (χ3n) is 10.2. The molecule has 48 heavy (non-hydrogen) atoms. The van der Waals surface area contributed by atoms with Gasteiger partial charge in [-0.3, -0.25) is 0 Å². The van der Waals surface area contributed by atoms with Crippen LogP contribution < -0.4 is 4.90 Å². The van der Waals surface area contributed by atoms with Crippen LogP contribution in [0.3, 0.4) is 0 Å². The van der Waals surface area contributed by atoms with E-state index in [4.69, 9.17) is 0 Å². The minimum absolute atomic E-state index is 0.0456. The Morgan fingerprint density at radius 2 is 1.04 bits per heavy atom. The lowest BCUT2D eigenvalue weighted by Crippen LogP contribution is -2.17. The van der Waals surface area contributed by atoms with Gasteiger partial charge in [0.15, 0.2) is 0 Å². The van der Waals surface area contributed by atoms with Gasteiger partial charge in [0.25, 0.3) is 0 Å². The number of fused-ring (bicyclic) bond motifs is 4. The molecule has 0 N–H and O–H groups in total. The summed E-state index contributed by atoms with van der Waals surface area (Å²) in [5.41, 5.74) is 15.2. The van der Waals surface area contributed by atoms with Crippen molar-refractivity contribution in [3.05, 3.63) is 174 Å². The van der Waals surface area contributed by atoms with Gasteiger partial charge in [-0.05, 0) is 97.1 Å². The van der Waals surface area contributed by atoms with Crippen LogP contribution in [0.1, 0.15) is 51.3 Å². The Morgan fingerprint density at radius 1 is 0.458 bits per heavy atom. The normalized spacial score (nSPS) is 13.3. The van der Waals surface area contributed by atoms with Gasteiger partial charge in [0.05, 0.1) is 5.69 Å². The number of nitrogens with zero attached hydrogens (tertiary/aromatic N) is 1. The Morgan fingerprint density at radius 3 is 1.71 bits per heavy atom. The monoisotopic (exact) mass is 619 g/mol. The molecule has 0 spiro atoms. The molecule has 1 aliphatic rings. The zero-order chi connectivity index (χ0) is 33.0. The van der Waals surface area contributed by atoms with Crippen molar-refractivity contribution in [1.29, 1.82) is 0 Å². The van der Waals surface area contributed by atoms with Crippen LogP contribution in [0.25, 0.3) is 44.2 Å². The largest absolute Gasteiger partial charge is 0.310 e. The predicted molar refractivity (Wildman–Crippen MR) is 206 cm³/mol. The van der Waals surface area contributed by atoms with Crippen LogP contribution in [0, 0.1) is 0 Å². The molecule has 1 heteroatoms. The number of rotatable bonds is 5. The van der Waals surface area contributed by atoms with Crippen molar-refractivity contribution in [3.63, 3.8) is 0 Å². The van der Waals surface area contributed by atoms with E-state index in [0.717, 1.165) is 17.1 Å². The molecule has 0 aromatic heterocycles. The topological polar surface area (TPSA) is 3.24 Å². The predicted octanol–water partition coefficient (Wildman–Crippen LogP) is 13.2. The summed E-state index contributed by atoms with van der Waals surface area (Å²) in [5.74, 6) is 0. The van der Waals surface area contributed by atoms with Crippen LogP contribution >= 0.6 is 0 Å². The molecule has 0 amide bonds. The van der Waals surface area contributed by atoms with Gasteiger partial charge in [-0.2, -0.15) is 0 Å². The highest BCUT2D eigenvalue weighted by molar-refractivity contribution is 5.99. The van der Waals surface area contributed by atoms with Gasteiger partial charge in [0.2, 0.25) is 0 Å². The maximum absolute atomic E-state index is 2.47. The molecule has 0 fully saturated rings. The van der Waals surface area contributed by atoms with Crippen LogP contribution in [0.4, 0.5) is 17.1 Å². The summed E-state index contributed by atoms with van der Waals surface area (Å²) in [6.07, 6.45) is 0. The van der Waals surface area contributed by atoms with Crippen molar-refractivity contribution < 1.29 is 0 Å². The Labute approximate surface area is 285 Å². The SMILES string of the molecule is CC(C)(C)c1cccc2c1-c1ccc(N(c3ccc(-c4ccccc4)cc3)c3cc4ccccc4cc3-c3ccccc3)cc1C2(C)C. The molecular formula is C47H41N. The van der Waals surface area contributed by atoms with Crippen LogP contribution in [0.5, 0.6) is 0 Å². The number of hydrogen-bond donors (Lipinski definition) is 0. The van der Waals surface area contributed by atoms with Crippen molar-refractivity contribution in [1.82, 2.24) is 0 Å². The van der Waals surface area contributed by atoms with E-state index >= 15 is 0 Å². The van der Waals surface area contributed by atoms with E-state index in [1.165, 1.54) is 60.8 Å². The fourth-order valence-corrected chi connectivity index (χ4v) is 7.66. The number of benzene rings is 7. The minimum atomic E-state index is -0.129. The van der Waals surface area contributed by atoms with Crippen molar-refractivity contribution in [2.45, 2.75) is 45.4 Å². The first-order valence-electron chi connectivity index (χ1n) is 17.0. The van der Waals surface area contributed by atoms with Crippen molar-refractivity contribution in [3.8, 4) is 33.4 Å². The highest BCUT2D eigenvalue weighted by Crippen LogP contribution is 2.54. The summed E-state index contributed by atoms with van der Waals surface area (Å²) in [5, 5.41) is 2.46. The lowest BCUT2D eigenvalue weighted by molar-refractivity contribution is 0.589. The smallest absolute Gasteiger partial charge is 0.0546 e. The van der Waals surface area contributed by atoms with E-state index in [1.807, 2.05) is 0 Å². The second-order valence-corrected chi connectivity index (χ2v) is 14.7. The number of hydrogen-bond acceptors (Lipinski definition) is 1. The second-order valence-electron chi connectivity index (χ2n) is 14.7. The minimum Gasteiger partial charge on any atom is -0.310 e. The Hall–Kier alpha value is -5.40. The Balaban J connectivity index is 1.37. The summed E-state index contributed by atoms with van der Waals surface area (Å²) in [6, 6.07) is 58.0. The molecule has 0 unspecified atom stereocenters. The molecule has 0 radical (unpaired) electrons. The van der Waals surface area contributed by atoms with Crippen LogP contribution in [-0.4, -0.2) is 0 Å². The molecule has 0 heterocycles. The van der Waals surface area contributed by atoms with E-state index < -0.39 is 0 Å². The summed E-state index contributed by atoms with van der Waals surface area (Å²) < 4.78 is 0. The van der Waals surface area contributed by atoms with Gasteiger partial charge >= 0.3 is 0 Å². The van der Waals surface area contributed by atoms with Gasteiger partial charge in [0.1, 0.15) is 0 Å². The highest BCUT2D eigenvalue weighted by Gasteiger charge is 2.39. The zero-order valence-electron chi connectivity index (χ0n) is 28.5. The third kappa shape index (κ3) is 5.02. The molecule has 8 rings (SSSR count). The first-order valence-corrected chi connectivity index (χ1v) is 17.0. The summed E-state index contributed by atoms with van der Waals surface area (Å²) >= 11 is 0. The quantitative estimate of drug-likeness (QED) is 0.185. The molecule has 7 aromatic carbocycles. The first kappa shape index (κ1) is 30.0. The molecule has 0 saturated heterocycles. The van der Waals surface area contributed by atoms with Crippen LogP contribution in [0.2, 0.25) is 0 Å². The molecular weight excluding hydrogens is 579 g/mol. The van der Waals surface area contributed by atoms with Gasteiger partial charge in [-0.25, -0.2) is 0 Å². The van der Waals surface area contributed by atoms with Crippen LogP contribution in [0.15, 0.2) is 158 Å². The molecule has 1 aliphatic carbocycles. The van der Waals surface area contributed by atoms with Crippen molar-refractivity contribution in [2.24, 2.45) is 0 Å². The first-order chi connectivity index (χ1) is 23.2. The van der Waals surface area contributed by atoms with Gasteiger partial charge in [-0.1, -0.05) is 156 Å². The van der Waals surface area contributed by atoms with E-state index in [9.17, 15) is 0 Å². The molecule has 0 bridgehead atoms. The molecule has 0 saturated carbocycles. The Kier molecular flexibility index (Phi) is 7.11. The fourth-order valence-electron chi connectivity index (χ4n) is 7.66. The molecule has 7 aromatic rings. The zero-order valence-corrected chi connectivity index (χ0v) is 28.5. The van der Waals surface area contributed by atoms with E-state index in [1.54, 1.807) is 0 Å². The molecule has 1 nitrogen and oxygen atoms in total. The molecule has 234 valence electrons. The van der Waals surface area contributed by atoms with E-state index in [0.29, 0.717) is 0 Å². The van der Waals surface area contributed by atoms with Crippen molar-refractivity contribution >= 4 is 27.8 Å². The lowest BCUT2D eigenvalue weighted by atomic mass is 9.79. The van der Waals surface area contributed by atoms with Gasteiger partial charge < -0.3 is 4.90 Å².